The Morgan fingerprint density at radius 1 is 0.625 bits per heavy atom. The van der Waals surface area contributed by atoms with E-state index in [1.165, 1.54) is 7.11 Å². The van der Waals surface area contributed by atoms with Gasteiger partial charge in [-0.3, -0.25) is 0 Å². The van der Waals surface area contributed by atoms with Crippen LogP contribution in [0.3, 0.4) is 0 Å². The number of hydrogen-bond donors (Lipinski definition) is 9. The molecule has 16 atom stereocenters. The predicted octanol–water partition coefficient (Wildman–Crippen LogP) is -4.44. The van der Waals surface area contributed by atoms with Crippen LogP contribution < -0.4 is 0 Å². The van der Waals surface area contributed by atoms with Gasteiger partial charge in [0, 0.05) is 32.0 Å². The van der Waals surface area contributed by atoms with Gasteiger partial charge in [-0.05, 0) is 6.42 Å². The average molecular weight is 703 g/mol. The Bertz CT molecular complexity index is 912. The van der Waals surface area contributed by atoms with Crippen molar-refractivity contribution in [3.8, 4) is 0 Å². The summed E-state index contributed by atoms with van der Waals surface area (Å²) in [5.41, 5.74) is 0. The van der Waals surface area contributed by atoms with Crippen LogP contribution in [0.15, 0.2) is 0 Å². The lowest BCUT2D eigenvalue weighted by atomic mass is 9.86. The molecule has 0 aromatic rings. The molecule has 0 amide bonds. The maximum absolute atomic E-state index is 11.0. The van der Waals surface area contributed by atoms with Crippen molar-refractivity contribution in [3.05, 3.63) is 0 Å². The second-order valence-corrected chi connectivity index (χ2v) is 14.1. The van der Waals surface area contributed by atoms with Crippen LogP contribution in [0, 0.1) is 11.8 Å². The van der Waals surface area contributed by atoms with Gasteiger partial charge in [-0.1, -0.05) is 6.92 Å². The Balaban J connectivity index is 1.57. The van der Waals surface area contributed by atoms with E-state index in [2.05, 4.69) is 0 Å². The van der Waals surface area contributed by atoms with Crippen LogP contribution >= 0.6 is 0 Å². The highest BCUT2D eigenvalue weighted by molar-refractivity contribution is 4.95. The fourth-order valence-corrected chi connectivity index (χ4v) is 6.46. The van der Waals surface area contributed by atoms with Crippen LogP contribution in [0.4, 0.5) is 0 Å². The molecule has 3 saturated heterocycles. The van der Waals surface area contributed by atoms with Gasteiger partial charge in [-0.2, -0.15) is 0 Å². The van der Waals surface area contributed by atoms with Crippen LogP contribution in [-0.2, 0) is 33.2 Å². The Morgan fingerprint density at radius 2 is 1.19 bits per heavy atom. The molecule has 0 saturated carbocycles. The molecule has 3 fully saturated rings. The summed E-state index contributed by atoms with van der Waals surface area (Å²) < 4.78 is 40.5. The van der Waals surface area contributed by atoms with E-state index in [9.17, 15) is 46.0 Å². The minimum atomic E-state index is -1.63. The fourth-order valence-electron chi connectivity index (χ4n) is 6.46. The molecule has 0 aromatic heterocycles. The third kappa shape index (κ3) is 11.2. The first-order valence-corrected chi connectivity index (χ1v) is 16.7. The van der Waals surface area contributed by atoms with Crippen molar-refractivity contribution in [1.29, 1.82) is 0 Å². The standard InChI is InChI=1S/C31H60NO16/c1-6-19-26(37)25(36)18(20(10-33)46-19)12-44-14-22-27(38)24(35)17(11-42-5)21(47-22)15-45-31-30(41)29(40)28(39)23(48-31)13-43-8-7-16(34)9-32(2,3)4/h16-31,33-41H,6-15H2,1-5H3/q+1. The number of nitrogens with zero attached hydrogens (tertiary/aromatic N) is 1. The largest absolute Gasteiger partial charge is 0.394 e. The van der Waals surface area contributed by atoms with Gasteiger partial charge in [0.2, 0.25) is 0 Å². The fraction of sp³-hybridized carbons (Fsp3) is 1.00. The third-order valence-corrected chi connectivity index (χ3v) is 9.26. The van der Waals surface area contributed by atoms with E-state index in [1.54, 1.807) is 6.92 Å². The van der Waals surface area contributed by atoms with Gasteiger partial charge in [-0.15, -0.1) is 0 Å². The Morgan fingerprint density at radius 3 is 1.79 bits per heavy atom. The molecule has 0 aliphatic carbocycles. The average Bonchev–Trinajstić information content (AvgIpc) is 3.03. The topological polar surface area (TPSA) is 247 Å². The summed E-state index contributed by atoms with van der Waals surface area (Å²) in [7, 11) is 7.28. The van der Waals surface area contributed by atoms with Gasteiger partial charge in [-0.25, -0.2) is 0 Å². The van der Waals surface area contributed by atoms with Gasteiger partial charge < -0.3 is 83.6 Å². The van der Waals surface area contributed by atoms with Crippen molar-refractivity contribution in [2.45, 2.75) is 105 Å². The van der Waals surface area contributed by atoms with Crippen LogP contribution in [-0.4, -0.2) is 217 Å². The van der Waals surface area contributed by atoms with E-state index in [1.807, 2.05) is 21.1 Å². The molecule has 3 rings (SSSR count). The second-order valence-electron chi connectivity index (χ2n) is 14.1. The molecule has 3 aliphatic heterocycles. The highest BCUT2D eigenvalue weighted by atomic mass is 16.7. The summed E-state index contributed by atoms with van der Waals surface area (Å²) in [6.07, 6.45) is -15.5. The Hall–Kier alpha value is -0.680. The molecule has 3 heterocycles. The number of likely N-dealkylation sites (N-methyl/N-ethyl adjacent to an activating group) is 1. The van der Waals surface area contributed by atoms with E-state index in [-0.39, 0.29) is 39.6 Å². The molecule has 9 N–H and O–H groups in total. The molecule has 3 aliphatic rings. The molecule has 48 heavy (non-hydrogen) atoms. The summed E-state index contributed by atoms with van der Waals surface area (Å²) in [5, 5.41) is 94.4. The van der Waals surface area contributed by atoms with Gasteiger partial charge in [0.1, 0.15) is 55.4 Å². The van der Waals surface area contributed by atoms with Crippen molar-refractivity contribution in [3.63, 3.8) is 0 Å². The van der Waals surface area contributed by atoms with Gasteiger partial charge in [0.25, 0.3) is 0 Å². The zero-order valence-corrected chi connectivity index (χ0v) is 28.6. The quantitative estimate of drug-likeness (QED) is 0.0483. The van der Waals surface area contributed by atoms with E-state index >= 15 is 0 Å². The highest BCUT2D eigenvalue weighted by Gasteiger charge is 2.48. The van der Waals surface area contributed by atoms with Crippen molar-refractivity contribution in [2.24, 2.45) is 11.8 Å². The van der Waals surface area contributed by atoms with Gasteiger partial charge in [0.15, 0.2) is 6.29 Å². The van der Waals surface area contributed by atoms with Crippen molar-refractivity contribution in [2.75, 3.05) is 81.0 Å². The first-order valence-electron chi connectivity index (χ1n) is 16.7. The monoisotopic (exact) mass is 702 g/mol. The molecular formula is C31H60NO16+. The van der Waals surface area contributed by atoms with Gasteiger partial charge >= 0.3 is 0 Å². The molecule has 17 nitrogen and oxygen atoms in total. The van der Waals surface area contributed by atoms with Crippen molar-refractivity contribution >= 4 is 0 Å². The van der Waals surface area contributed by atoms with E-state index < -0.39 is 104 Å². The van der Waals surface area contributed by atoms with Crippen LogP contribution in [0.2, 0.25) is 0 Å². The Kier molecular flexibility index (Phi) is 16.7. The van der Waals surface area contributed by atoms with Crippen LogP contribution in [0.5, 0.6) is 0 Å². The summed E-state index contributed by atoms with van der Waals surface area (Å²) in [4.78, 5) is 0. The lowest BCUT2D eigenvalue weighted by molar-refractivity contribution is -0.873. The van der Waals surface area contributed by atoms with Crippen molar-refractivity contribution < 1.29 is 83.6 Å². The minimum absolute atomic E-state index is 0.0219. The smallest absolute Gasteiger partial charge is 0.186 e. The van der Waals surface area contributed by atoms with E-state index in [0.717, 1.165) is 0 Å². The first kappa shape index (κ1) is 41.7. The summed E-state index contributed by atoms with van der Waals surface area (Å²) in [6, 6.07) is 0. The number of methoxy groups -OCH3 is 1. The van der Waals surface area contributed by atoms with Gasteiger partial charge in [0.05, 0.1) is 91.3 Å². The van der Waals surface area contributed by atoms with Crippen molar-refractivity contribution in [1.82, 2.24) is 0 Å². The Labute approximate surface area is 282 Å². The highest BCUT2D eigenvalue weighted by Crippen LogP contribution is 2.31. The second kappa shape index (κ2) is 19.2. The molecule has 17 heteroatoms. The van der Waals surface area contributed by atoms with E-state index in [0.29, 0.717) is 23.9 Å². The summed E-state index contributed by atoms with van der Waals surface area (Å²) in [5.74, 6) is -1.54. The zero-order chi connectivity index (χ0) is 35.8. The minimum Gasteiger partial charge on any atom is -0.394 e. The molecule has 0 radical (unpaired) electrons. The van der Waals surface area contributed by atoms with E-state index in [4.69, 9.17) is 33.2 Å². The molecular weight excluding hydrogens is 642 g/mol. The number of hydrogen-bond acceptors (Lipinski definition) is 16. The number of quaternary nitrogens is 1. The predicted molar refractivity (Wildman–Crippen MR) is 165 cm³/mol. The normalized spacial score (nSPS) is 41.8. The molecule has 284 valence electrons. The van der Waals surface area contributed by atoms with Crippen LogP contribution in [0.1, 0.15) is 19.8 Å². The van der Waals surface area contributed by atoms with Crippen LogP contribution in [0.25, 0.3) is 0 Å². The summed E-state index contributed by atoms with van der Waals surface area (Å²) in [6.45, 7) is 1.24. The zero-order valence-electron chi connectivity index (χ0n) is 28.6. The molecule has 0 bridgehead atoms. The lowest BCUT2D eigenvalue weighted by Crippen LogP contribution is -2.61. The lowest BCUT2D eigenvalue weighted by Gasteiger charge is -2.45. The summed E-state index contributed by atoms with van der Waals surface area (Å²) >= 11 is 0. The SMILES string of the molecule is CCC1OC(CO)C(COCC2OC(COC3OC(COCCC(O)C[N+](C)(C)C)C(O)C(O)C3O)C(COC)C(O)C2O)C(O)C1O. The maximum atomic E-state index is 11.0. The number of rotatable bonds is 18. The maximum Gasteiger partial charge on any atom is 0.186 e. The first-order chi connectivity index (χ1) is 22.6. The number of aliphatic hydroxyl groups is 9. The molecule has 0 spiro atoms. The third-order valence-electron chi connectivity index (χ3n) is 9.26. The molecule has 16 unspecified atom stereocenters. The number of aliphatic hydroxyl groups excluding tert-OH is 9. The number of ether oxygens (including phenoxy) is 7. The molecule has 0 aromatic carbocycles.